The lowest BCUT2D eigenvalue weighted by atomic mass is 10.0. The maximum atomic E-state index is 11.5. The topological polar surface area (TPSA) is 59.1 Å². The van der Waals surface area contributed by atoms with Crippen molar-refractivity contribution < 1.29 is 8.42 Å². The molecule has 0 aliphatic rings. The Morgan fingerprint density at radius 1 is 1.25 bits per heavy atom. The highest BCUT2D eigenvalue weighted by atomic mass is 32.2. The molecule has 1 N–H and O–H groups in total. The van der Waals surface area contributed by atoms with Gasteiger partial charge in [-0.25, -0.2) is 8.42 Å². The van der Waals surface area contributed by atoms with E-state index >= 15 is 0 Å². The fraction of sp³-hybridized carbons (Fsp3) is 0.400. The first-order valence-corrected chi connectivity index (χ1v) is 8.79. The molecule has 1 unspecified atom stereocenters. The summed E-state index contributed by atoms with van der Waals surface area (Å²) in [7, 11) is -3.00. The van der Waals surface area contributed by atoms with Gasteiger partial charge in [0.05, 0.1) is 11.3 Å². The van der Waals surface area contributed by atoms with Crippen LogP contribution in [0, 0.1) is 0 Å². The molecule has 1 atom stereocenters. The number of benzene rings is 1. The minimum absolute atomic E-state index is 0.0687. The summed E-state index contributed by atoms with van der Waals surface area (Å²) in [5.41, 5.74) is 2.07. The zero-order valence-corrected chi connectivity index (χ0v) is 12.7. The van der Waals surface area contributed by atoms with Crippen molar-refractivity contribution in [3.05, 3.63) is 42.1 Å². The molecule has 0 aliphatic heterocycles. The third kappa shape index (κ3) is 4.02. The average molecular weight is 292 g/mol. The highest BCUT2D eigenvalue weighted by Gasteiger charge is 2.16. The van der Waals surface area contributed by atoms with Crippen molar-refractivity contribution in [3.8, 4) is 0 Å². The van der Waals surface area contributed by atoms with E-state index in [0.29, 0.717) is 6.42 Å². The fourth-order valence-corrected chi connectivity index (χ4v) is 3.41. The first kappa shape index (κ1) is 14.9. The highest BCUT2D eigenvalue weighted by Crippen LogP contribution is 2.18. The van der Waals surface area contributed by atoms with Gasteiger partial charge < -0.3 is 5.32 Å². The largest absolute Gasteiger partial charge is 0.313 e. The Labute approximate surface area is 120 Å². The molecule has 20 heavy (non-hydrogen) atoms. The van der Waals surface area contributed by atoms with E-state index in [2.05, 4.69) is 10.3 Å². The number of pyridine rings is 1. The molecule has 0 spiro atoms. The lowest BCUT2D eigenvalue weighted by Gasteiger charge is -2.17. The molecular formula is C15H20N2O2S. The van der Waals surface area contributed by atoms with Crippen LogP contribution in [0.4, 0.5) is 0 Å². The van der Waals surface area contributed by atoms with E-state index in [-0.39, 0.29) is 11.8 Å². The zero-order chi connectivity index (χ0) is 14.6. The van der Waals surface area contributed by atoms with Crippen LogP contribution in [-0.4, -0.2) is 38.0 Å². The Balaban J connectivity index is 2.28. The Morgan fingerprint density at radius 3 is 2.70 bits per heavy atom. The number of rotatable bonds is 6. The van der Waals surface area contributed by atoms with Gasteiger partial charge in [0, 0.05) is 23.9 Å². The quantitative estimate of drug-likeness (QED) is 0.882. The minimum atomic E-state index is -3.00. The van der Waals surface area contributed by atoms with Crippen LogP contribution in [-0.2, 0) is 16.3 Å². The van der Waals surface area contributed by atoms with Crippen LogP contribution >= 0.6 is 0 Å². The number of para-hydroxylation sites is 1. The van der Waals surface area contributed by atoms with Crippen molar-refractivity contribution in [2.24, 2.45) is 0 Å². The normalized spacial score (nSPS) is 13.5. The lowest BCUT2D eigenvalue weighted by Crippen LogP contribution is -2.37. The molecule has 4 nitrogen and oxygen atoms in total. The predicted molar refractivity (Wildman–Crippen MR) is 82.6 cm³/mol. The third-order valence-corrected chi connectivity index (χ3v) is 4.21. The van der Waals surface area contributed by atoms with Crippen molar-refractivity contribution in [2.75, 3.05) is 18.6 Å². The van der Waals surface area contributed by atoms with Gasteiger partial charge in [-0.1, -0.05) is 25.1 Å². The van der Waals surface area contributed by atoms with Crippen molar-refractivity contribution >= 4 is 20.7 Å². The zero-order valence-electron chi connectivity index (χ0n) is 11.8. The van der Waals surface area contributed by atoms with E-state index in [1.807, 2.05) is 37.3 Å². The number of hydrogen-bond donors (Lipinski definition) is 1. The van der Waals surface area contributed by atoms with Gasteiger partial charge in [-0.05, 0) is 30.7 Å². The van der Waals surface area contributed by atoms with Crippen molar-refractivity contribution in [1.29, 1.82) is 0 Å². The molecule has 0 aliphatic carbocycles. The number of fused-ring (bicyclic) bond motifs is 1. The molecular weight excluding hydrogens is 272 g/mol. The van der Waals surface area contributed by atoms with Crippen LogP contribution in [0.1, 0.15) is 12.5 Å². The van der Waals surface area contributed by atoms with Crippen LogP contribution in [0.2, 0.25) is 0 Å². The smallest absolute Gasteiger partial charge is 0.148 e. The van der Waals surface area contributed by atoms with E-state index in [0.717, 1.165) is 23.0 Å². The second-order valence-electron chi connectivity index (χ2n) is 5.04. The van der Waals surface area contributed by atoms with E-state index in [1.165, 1.54) is 6.26 Å². The first-order chi connectivity index (χ1) is 9.49. The molecule has 1 heterocycles. The molecule has 5 heteroatoms. The fourth-order valence-electron chi connectivity index (χ4n) is 2.44. The second-order valence-corrected chi connectivity index (χ2v) is 7.22. The van der Waals surface area contributed by atoms with Gasteiger partial charge in [0.1, 0.15) is 9.84 Å². The number of nitrogens with zero attached hydrogens (tertiary/aromatic N) is 1. The van der Waals surface area contributed by atoms with E-state index in [4.69, 9.17) is 0 Å². The number of nitrogens with one attached hydrogen (secondary N) is 1. The molecule has 0 saturated carbocycles. The van der Waals surface area contributed by atoms with Crippen LogP contribution in [0.3, 0.4) is 0 Å². The molecule has 108 valence electrons. The highest BCUT2D eigenvalue weighted by molar-refractivity contribution is 7.90. The number of hydrogen-bond acceptors (Lipinski definition) is 4. The Kier molecular flexibility index (Phi) is 4.73. The van der Waals surface area contributed by atoms with Gasteiger partial charge in [0.15, 0.2) is 0 Å². The summed E-state index contributed by atoms with van der Waals surface area (Å²) in [6, 6.07) is 9.83. The summed E-state index contributed by atoms with van der Waals surface area (Å²) in [5.74, 6) is 0.150. The standard InChI is InChI=1S/C15H20N2O2S/c1-3-16-13(11-20(2,18)19)10-12-8-9-17-15-7-5-4-6-14(12)15/h4-9,13,16H,3,10-11H2,1-2H3. The molecule has 1 aromatic heterocycles. The Morgan fingerprint density at radius 2 is 2.00 bits per heavy atom. The summed E-state index contributed by atoms with van der Waals surface area (Å²) in [6.45, 7) is 2.74. The van der Waals surface area contributed by atoms with Gasteiger partial charge in [-0.2, -0.15) is 0 Å². The summed E-state index contributed by atoms with van der Waals surface area (Å²) >= 11 is 0. The van der Waals surface area contributed by atoms with Gasteiger partial charge in [0.2, 0.25) is 0 Å². The minimum Gasteiger partial charge on any atom is -0.313 e. The van der Waals surface area contributed by atoms with Gasteiger partial charge >= 0.3 is 0 Å². The van der Waals surface area contributed by atoms with E-state index in [1.54, 1.807) is 6.20 Å². The SMILES string of the molecule is CCNC(Cc1ccnc2ccccc12)CS(C)(=O)=O. The van der Waals surface area contributed by atoms with Crippen molar-refractivity contribution in [3.63, 3.8) is 0 Å². The van der Waals surface area contributed by atoms with Crippen LogP contribution < -0.4 is 5.32 Å². The van der Waals surface area contributed by atoms with Crippen LogP contribution in [0.25, 0.3) is 10.9 Å². The Hall–Kier alpha value is -1.46. The maximum Gasteiger partial charge on any atom is 0.148 e. The molecule has 0 saturated heterocycles. The molecule has 0 fully saturated rings. The van der Waals surface area contributed by atoms with E-state index in [9.17, 15) is 8.42 Å². The molecule has 0 amide bonds. The molecule has 2 aromatic rings. The molecule has 1 aromatic carbocycles. The summed E-state index contributed by atoms with van der Waals surface area (Å²) < 4.78 is 23.0. The lowest BCUT2D eigenvalue weighted by molar-refractivity contribution is 0.546. The molecule has 2 rings (SSSR count). The maximum absolute atomic E-state index is 11.5. The summed E-state index contributed by atoms with van der Waals surface area (Å²) in [5, 5.41) is 4.34. The van der Waals surface area contributed by atoms with Crippen LogP contribution in [0.15, 0.2) is 36.5 Å². The Bertz CT molecular complexity index is 678. The van der Waals surface area contributed by atoms with Crippen molar-refractivity contribution in [1.82, 2.24) is 10.3 Å². The predicted octanol–water partition coefficient (Wildman–Crippen LogP) is 1.80. The average Bonchev–Trinajstić information content (AvgIpc) is 2.37. The van der Waals surface area contributed by atoms with Crippen LogP contribution in [0.5, 0.6) is 0 Å². The number of aromatic nitrogens is 1. The second kappa shape index (κ2) is 6.33. The van der Waals surface area contributed by atoms with Crippen molar-refractivity contribution in [2.45, 2.75) is 19.4 Å². The third-order valence-electron chi connectivity index (χ3n) is 3.20. The number of sulfone groups is 1. The number of likely N-dealkylation sites (N-methyl/N-ethyl adjacent to an activating group) is 1. The molecule has 0 radical (unpaired) electrons. The molecule has 0 bridgehead atoms. The van der Waals surface area contributed by atoms with Gasteiger partial charge in [-0.15, -0.1) is 0 Å². The van der Waals surface area contributed by atoms with E-state index < -0.39 is 9.84 Å². The summed E-state index contributed by atoms with van der Waals surface area (Å²) in [4.78, 5) is 4.33. The first-order valence-electron chi connectivity index (χ1n) is 6.73. The van der Waals surface area contributed by atoms with Gasteiger partial charge in [0.25, 0.3) is 0 Å². The monoisotopic (exact) mass is 292 g/mol. The summed E-state index contributed by atoms with van der Waals surface area (Å²) in [6.07, 6.45) is 3.74. The van der Waals surface area contributed by atoms with Gasteiger partial charge in [-0.3, -0.25) is 4.98 Å².